The number of nitrogens with zero attached hydrogens (tertiary/aromatic N) is 3. The molecule has 2 amide bonds. The van der Waals surface area contributed by atoms with Crippen molar-refractivity contribution in [2.75, 3.05) is 32.8 Å². The summed E-state index contributed by atoms with van der Waals surface area (Å²) in [5.41, 5.74) is -0.365. The lowest BCUT2D eigenvalue weighted by Crippen LogP contribution is -2.58. The maximum atomic E-state index is 12.7. The van der Waals surface area contributed by atoms with Crippen LogP contribution in [0.2, 0.25) is 0 Å². The maximum absolute atomic E-state index is 12.7. The number of hydrogen-bond donors (Lipinski definition) is 0. The molecule has 7 nitrogen and oxygen atoms in total. The number of thiazole rings is 1. The second kappa shape index (κ2) is 7.15. The van der Waals surface area contributed by atoms with Gasteiger partial charge in [0, 0.05) is 25.0 Å². The number of likely N-dealkylation sites (tertiary alicyclic amines) is 1. The highest BCUT2D eigenvalue weighted by molar-refractivity contribution is 7.09. The third-order valence-corrected chi connectivity index (χ3v) is 5.47. The van der Waals surface area contributed by atoms with Crippen molar-refractivity contribution < 1.29 is 19.1 Å². The first-order valence-corrected chi connectivity index (χ1v) is 9.89. The van der Waals surface area contributed by atoms with E-state index < -0.39 is 5.60 Å². The highest BCUT2D eigenvalue weighted by Crippen LogP contribution is 2.31. The number of piperidine rings is 1. The first-order chi connectivity index (χ1) is 12.2. The Hall–Kier alpha value is -1.67. The van der Waals surface area contributed by atoms with Gasteiger partial charge in [0.2, 0.25) is 0 Å². The molecule has 3 rings (SSSR count). The number of ether oxygens (including phenoxy) is 2. The number of aromatic nitrogens is 1. The molecule has 144 valence electrons. The molecule has 0 aromatic carbocycles. The van der Waals surface area contributed by atoms with Crippen LogP contribution in [-0.2, 0) is 9.47 Å². The molecule has 0 N–H and O–H groups in total. The van der Waals surface area contributed by atoms with Gasteiger partial charge in [-0.15, -0.1) is 11.3 Å². The van der Waals surface area contributed by atoms with E-state index in [1.54, 1.807) is 4.90 Å². The summed E-state index contributed by atoms with van der Waals surface area (Å²) in [4.78, 5) is 32.8. The number of carbonyl (C=O) groups is 2. The first kappa shape index (κ1) is 19.1. The third-order valence-electron chi connectivity index (χ3n) is 4.70. The molecule has 0 radical (unpaired) electrons. The summed E-state index contributed by atoms with van der Waals surface area (Å²) in [6, 6.07) is 0. The molecule has 0 saturated carbocycles. The Kier molecular flexibility index (Phi) is 5.25. The van der Waals surface area contributed by atoms with Crippen LogP contribution in [-0.4, -0.2) is 70.8 Å². The third kappa shape index (κ3) is 4.35. The predicted octanol–water partition coefficient (Wildman–Crippen LogP) is 2.69. The second-order valence-electron chi connectivity index (χ2n) is 7.98. The van der Waals surface area contributed by atoms with E-state index in [1.165, 1.54) is 11.3 Å². The largest absolute Gasteiger partial charge is 0.444 e. The molecule has 3 heterocycles. The summed E-state index contributed by atoms with van der Waals surface area (Å²) in [7, 11) is 0. The lowest BCUT2D eigenvalue weighted by molar-refractivity contribution is -0.126. The van der Waals surface area contributed by atoms with E-state index >= 15 is 0 Å². The van der Waals surface area contributed by atoms with Gasteiger partial charge in [-0.05, 0) is 40.5 Å². The van der Waals surface area contributed by atoms with Crippen molar-refractivity contribution in [2.45, 2.75) is 51.7 Å². The van der Waals surface area contributed by atoms with Crippen LogP contribution in [0.3, 0.4) is 0 Å². The molecule has 0 aliphatic carbocycles. The Morgan fingerprint density at radius 2 is 1.92 bits per heavy atom. The van der Waals surface area contributed by atoms with E-state index in [0.717, 1.165) is 5.01 Å². The van der Waals surface area contributed by atoms with E-state index in [9.17, 15) is 9.59 Å². The average Bonchev–Trinajstić information content (AvgIpc) is 3.00. The van der Waals surface area contributed by atoms with Gasteiger partial charge in [-0.3, -0.25) is 4.79 Å². The highest BCUT2D eigenvalue weighted by atomic mass is 32.1. The monoisotopic (exact) mass is 381 g/mol. The molecule has 1 aromatic heterocycles. The number of aryl methyl sites for hydroxylation is 1. The lowest BCUT2D eigenvalue weighted by atomic mass is 9.89. The van der Waals surface area contributed by atoms with Crippen molar-refractivity contribution in [3.63, 3.8) is 0 Å². The van der Waals surface area contributed by atoms with Gasteiger partial charge in [-0.2, -0.15) is 0 Å². The smallest absolute Gasteiger partial charge is 0.410 e. The van der Waals surface area contributed by atoms with Crippen molar-refractivity contribution in [3.05, 3.63) is 16.1 Å². The number of amides is 2. The fraction of sp³-hybridized carbons (Fsp3) is 0.722. The van der Waals surface area contributed by atoms with Crippen molar-refractivity contribution in [3.8, 4) is 0 Å². The van der Waals surface area contributed by atoms with Gasteiger partial charge in [-0.1, -0.05) is 0 Å². The molecule has 26 heavy (non-hydrogen) atoms. The van der Waals surface area contributed by atoms with Gasteiger partial charge >= 0.3 is 6.09 Å². The molecule has 8 heteroatoms. The summed E-state index contributed by atoms with van der Waals surface area (Å²) in [5.74, 6) is -0.0356. The molecular formula is C18H27N3O4S. The fourth-order valence-electron chi connectivity index (χ4n) is 3.37. The summed E-state index contributed by atoms with van der Waals surface area (Å²) in [6.45, 7) is 10.3. The number of hydrogen-bond acceptors (Lipinski definition) is 6. The molecule has 1 spiro atoms. The predicted molar refractivity (Wildman–Crippen MR) is 98.5 cm³/mol. The molecule has 2 aliphatic rings. The molecule has 2 saturated heterocycles. The van der Waals surface area contributed by atoms with Crippen LogP contribution >= 0.6 is 11.3 Å². The van der Waals surface area contributed by atoms with Crippen LogP contribution < -0.4 is 0 Å². The van der Waals surface area contributed by atoms with Gasteiger partial charge in [0.05, 0.1) is 23.8 Å². The number of rotatable bonds is 1. The number of morpholine rings is 1. The van der Waals surface area contributed by atoms with Crippen LogP contribution in [0.25, 0.3) is 0 Å². The van der Waals surface area contributed by atoms with Gasteiger partial charge in [-0.25, -0.2) is 9.78 Å². The van der Waals surface area contributed by atoms with E-state index in [-0.39, 0.29) is 17.6 Å². The van der Waals surface area contributed by atoms with E-state index in [4.69, 9.17) is 9.47 Å². The fourth-order valence-corrected chi connectivity index (χ4v) is 3.95. The molecule has 0 bridgehead atoms. The minimum atomic E-state index is -0.498. The van der Waals surface area contributed by atoms with Gasteiger partial charge in [0.1, 0.15) is 11.3 Å². The molecule has 0 atom stereocenters. The van der Waals surface area contributed by atoms with E-state index in [0.29, 0.717) is 51.3 Å². The standard InChI is InChI=1S/C18H27N3O4S/c1-13-19-14(11-26-13)15(22)21-9-10-24-18(12-21)5-7-20(8-6-18)16(23)25-17(2,3)4/h11H,5-10,12H2,1-4H3. The van der Waals surface area contributed by atoms with Crippen LogP contribution in [0.4, 0.5) is 4.79 Å². The Labute approximate surface area is 158 Å². The quantitative estimate of drug-likeness (QED) is 0.748. The zero-order valence-electron chi connectivity index (χ0n) is 15.9. The zero-order valence-corrected chi connectivity index (χ0v) is 16.7. The average molecular weight is 381 g/mol. The topological polar surface area (TPSA) is 72.0 Å². The van der Waals surface area contributed by atoms with E-state index in [2.05, 4.69) is 4.98 Å². The number of carbonyl (C=O) groups excluding carboxylic acids is 2. The van der Waals surface area contributed by atoms with Crippen LogP contribution in [0.5, 0.6) is 0 Å². The molecule has 0 unspecified atom stereocenters. The summed E-state index contributed by atoms with van der Waals surface area (Å²) < 4.78 is 11.5. The molecular weight excluding hydrogens is 354 g/mol. The van der Waals surface area contributed by atoms with Crippen molar-refractivity contribution in [1.82, 2.24) is 14.8 Å². The SMILES string of the molecule is Cc1nc(C(=O)N2CCOC3(CCN(C(=O)OC(C)(C)C)CC3)C2)cs1. The minimum absolute atomic E-state index is 0.0356. The Bertz CT molecular complexity index is 674. The highest BCUT2D eigenvalue weighted by Gasteiger charge is 2.42. The summed E-state index contributed by atoms with van der Waals surface area (Å²) in [6.07, 6.45) is 1.12. The maximum Gasteiger partial charge on any atom is 0.410 e. The van der Waals surface area contributed by atoms with Crippen molar-refractivity contribution >= 4 is 23.3 Å². The normalized spacial score (nSPS) is 20.3. The first-order valence-electron chi connectivity index (χ1n) is 9.01. The van der Waals surface area contributed by atoms with Crippen LogP contribution in [0, 0.1) is 6.92 Å². The Morgan fingerprint density at radius 3 is 2.50 bits per heavy atom. The van der Waals surface area contributed by atoms with Crippen molar-refractivity contribution in [1.29, 1.82) is 0 Å². The van der Waals surface area contributed by atoms with Gasteiger partial charge < -0.3 is 19.3 Å². The summed E-state index contributed by atoms with van der Waals surface area (Å²) >= 11 is 1.48. The van der Waals surface area contributed by atoms with E-state index in [1.807, 2.05) is 38.0 Å². The Balaban J connectivity index is 1.60. The lowest BCUT2D eigenvalue weighted by Gasteiger charge is -2.47. The van der Waals surface area contributed by atoms with Crippen molar-refractivity contribution in [2.24, 2.45) is 0 Å². The minimum Gasteiger partial charge on any atom is -0.444 e. The second-order valence-corrected chi connectivity index (χ2v) is 9.04. The van der Waals surface area contributed by atoms with Gasteiger partial charge in [0.25, 0.3) is 5.91 Å². The molecule has 2 aliphatic heterocycles. The van der Waals surface area contributed by atoms with Gasteiger partial charge in [0.15, 0.2) is 0 Å². The molecule has 2 fully saturated rings. The van der Waals surface area contributed by atoms with Crippen LogP contribution in [0.15, 0.2) is 5.38 Å². The van der Waals surface area contributed by atoms with Crippen LogP contribution in [0.1, 0.15) is 49.1 Å². The Morgan fingerprint density at radius 1 is 1.23 bits per heavy atom. The zero-order chi connectivity index (χ0) is 18.9. The molecule has 1 aromatic rings. The summed E-state index contributed by atoms with van der Waals surface area (Å²) in [5, 5.41) is 2.70.